The lowest BCUT2D eigenvalue weighted by atomic mass is 9.93. The minimum atomic E-state index is -0.655. The van der Waals surface area contributed by atoms with E-state index in [0.717, 1.165) is 4.88 Å². The third-order valence-electron chi connectivity index (χ3n) is 2.55. The Hall–Kier alpha value is -1.74. The summed E-state index contributed by atoms with van der Waals surface area (Å²) in [6.07, 6.45) is 0. The van der Waals surface area contributed by atoms with Crippen LogP contribution in [0.25, 0.3) is 0 Å². The molecule has 2 aromatic rings. The molecule has 0 spiro atoms. The molecule has 0 N–H and O–H groups in total. The van der Waals surface area contributed by atoms with Crippen LogP contribution in [-0.4, -0.2) is 11.6 Å². The maximum absolute atomic E-state index is 12.3. The van der Waals surface area contributed by atoms with Gasteiger partial charge in [-0.2, -0.15) is 0 Å². The second kappa shape index (κ2) is 5.06. The Morgan fingerprint density at radius 1 is 1.06 bits per heavy atom. The van der Waals surface area contributed by atoms with Crippen LogP contribution in [0.1, 0.15) is 28.1 Å². The lowest BCUT2D eigenvalue weighted by Crippen LogP contribution is -2.18. The van der Waals surface area contributed by atoms with Crippen molar-refractivity contribution >= 4 is 22.9 Å². The van der Waals surface area contributed by atoms with Gasteiger partial charge in [0.15, 0.2) is 5.78 Å². The zero-order chi connectivity index (χ0) is 12.3. The van der Waals surface area contributed by atoms with Crippen LogP contribution in [0.15, 0.2) is 47.8 Å². The van der Waals surface area contributed by atoms with Gasteiger partial charge in [0.25, 0.3) is 0 Å². The Bertz CT molecular complexity index is 514. The summed E-state index contributed by atoms with van der Waals surface area (Å²) in [5.74, 6) is -0.890. The van der Waals surface area contributed by atoms with Gasteiger partial charge in [0, 0.05) is 10.4 Å². The molecule has 2 rings (SSSR count). The molecule has 1 heterocycles. The standard InChI is InChI=1S/C14H12O2S/c1-10(15)13(12-8-5-9-17-12)14(16)11-6-3-2-4-7-11/h2-9,13H,1H3. The van der Waals surface area contributed by atoms with Crippen molar-refractivity contribution in [3.05, 3.63) is 58.3 Å². The van der Waals surface area contributed by atoms with Gasteiger partial charge in [-0.25, -0.2) is 0 Å². The van der Waals surface area contributed by atoms with E-state index in [9.17, 15) is 9.59 Å². The van der Waals surface area contributed by atoms with Gasteiger partial charge in [0.05, 0.1) is 0 Å². The zero-order valence-corrected chi connectivity index (χ0v) is 10.2. The summed E-state index contributed by atoms with van der Waals surface area (Å²) in [4.78, 5) is 24.7. The van der Waals surface area contributed by atoms with Crippen molar-refractivity contribution in [2.75, 3.05) is 0 Å². The molecular weight excluding hydrogens is 232 g/mol. The topological polar surface area (TPSA) is 34.1 Å². The van der Waals surface area contributed by atoms with Crippen molar-refractivity contribution in [2.24, 2.45) is 0 Å². The van der Waals surface area contributed by atoms with E-state index in [1.54, 1.807) is 24.3 Å². The summed E-state index contributed by atoms with van der Waals surface area (Å²) in [6, 6.07) is 12.6. The fourth-order valence-corrected chi connectivity index (χ4v) is 2.62. The zero-order valence-electron chi connectivity index (χ0n) is 9.42. The van der Waals surface area contributed by atoms with Gasteiger partial charge in [-0.05, 0) is 18.4 Å². The van der Waals surface area contributed by atoms with Crippen LogP contribution >= 0.6 is 11.3 Å². The fourth-order valence-electron chi connectivity index (χ4n) is 1.74. The van der Waals surface area contributed by atoms with E-state index in [4.69, 9.17) is 0 Å². The highest BCUT2D eigenvalue weighted by atomic mass is 32.1. The third kappa shape index (κ3) is 2.50. The Balaban J connectivity index is 2.36. The van der Waals surface area contributed by atoms with E-state index in [1.807, 2.05) is 23.6 Å². The largest absolute Gasteiger partial charge is 0.299 e. The van der Waals surface area contributed by atoms with Gasteiger partial charge in [0.2, 0.25) is 0 Å². The van der Waals surface area contributed by atoms with E-state index < -0.39 is 5.92 Å². The molecule has 0 fully saturated rings. The van der Waals surface area contributed by atoms with Crippen molar-refractivity contribution in [1.29, 1.82) is 0 Å². The summed E-state index contributed by atoms with van der Waals surface area (Å²) in [7, 11) is 0. The molecular formula is C14H12O2S. The number of hydrogen-bond acceptors (Lipinski definition) is 3. The first-order chi connectivity index (χ1) is 8.20. The lowest BCUT2D eigenvalue weighted by Gasteiger charge is -2.10. The molecule has 0 aliphatic rings. The van der Waals surface area contributed by atoms with Gasteiger partial charge in [-0.15, -0.1) is 11.3 Å². The highest BCUT2D eigenvalue weighted by Gasteiger charge is 2.26. The first-order valence-corrected chi connectivity index (χ1v) is 6.21. The van der Waals surface area contributed by atoms with Crippen molar-refractivity contribution in [1.82, 2.24) is 0 Å². The lowest BCUT2D eigenvalue weighted by molar-refractivity contribution is -0.117. The Kier molecular flexibility index (Phi) is 3.49. The summed E-state index contributed by atoms with van der Waals surface area (Å²) in [5.41, 5.74) is 0.584. The average Bonchev–Trinajstić information content (AvgIpc) is 2.83. The van der Waals surface area contributed by atoms with Gasteiger partial charge in [-0.3, -0.25) is 9.59 Å². The van der Waals surface area contributed by atoms with Crippen molar-refractivity contribution in [3.63, 3.8) is 0 Å². The van der Waals surface area contributed by atoms with Crippen LogP contribution in [0.3, 0.4) is 0 Å². The number of benzene rings is 1. The molecule has 1 aromatic heterocycles. The van der Waals surface area contributed by atoms with E-state index in [1.165, 1.54) is 18.3 Å². The van der Waals surface area contributed by atoms with Crippen LogP contribution < -0.4 is 0 Å². The molecule has 1 atom stereocenters. The van der Waals surface area contributed by atoms with E-state index >= 15 is 0 Å². The van der Waals surface area contributed by atoms with Gasteiger partial charge < -0.3 is 0 Å². The first kappa shape index (κ1) is 11.7. The van der Waals surface area contributed by atoms with Crippen LogP contribution in [0.2, 0.25) is 0 Å². The van der Waals surface area contributed by atoms with Crippen molar-refractivity contribution in [3.8, 4) is 0 Å². The van der Waals surface area contributed by atoms with Crippen molar-refractivity contribution < 1.29 is 9.59 Å². The third-order valence-corrected chi connectivity index (χ3v) is 3.49. The minimum absolute atomic E-state index is 0.110. The molecule has 0 bridgehead atoms. The monoisotopic (exact) mass is 244 g/mol. The molecule has 0 amide bonds. The van der Waals surface area contributed by atoms with Crippen LogP contribution in [0.5, 0.6) is 0 Å². The molecule has 3 heteroatoms. The fraction of sp³-hybridized carbons (Fsp3) is 0.143. The van der Waals surface area contributed by atoms with E-state index in [2.05, 4.69) is 0 Å². The Morgan fingerprint density at radius 3 is 2.29 bits per heavy atom. The molecule has 1 aromatic carbocycles. The van der Waals surface area contributed by atoms with Gasteiger partial charge >= 0.3 is 0 Å². The van der Waals surface area contributed by atoms with E-state index in [0.29, 0.717) is 5.56 Å². The van der Waals surface area contributed by atoms with Gasteiger partial charge in [-0.1, -0.05) is 36.4 Å². The molecule has 0 aliphatic carbocycles. The number of carbonyl (C=O) groups excluding carboxylic acids is 2. The predicted octanol–water partition coefficient (Wildman–Crippen LogP) is 3.30. The molecule has 0 radical (unpaired) electrons. The molecule has 0 aliphatic heterocycles. The second-order valence-corrected chi connectivity index (χ2v) is 4.77. The molecule has 0 saturated heterocycles. The predicted molar refractivity (Wildman–Crippen MR) is 68.5 cm³/mol. The first-order valence-electron chi connectivity index (χ1n) is 5.33. The maximum atomic E-state index is 12.3. The van der Waals surface area contributed by atoms with Crippen LogP contribution in [0.4, 0.5) is 0 Å². The quantitative estimate of drug-likeness (QED) is 0.611. The number of thiophene rings is 1. The summed E-state index contributed by atoms with van der Waals surface area (Å²) in [6.45, 7) is 1.46. The number of hydrogen-bond donors (Lipinski definition) is 0. The molecule has 17 heavy (non-hydrogen) atoms. The van der Waals surface area contributed by atoms with Gasteiger partial charge in [0.1, 0.15) is 11.7 Å². The number of carbonyl (C=O) groups is 2. The maximum Gasteiger partial charge on any atom is 0.178 e. The smallest absolute Gasteiger partial charge is 0.178 e. The highest BCUT2D eigenvalue weighted by Crippen LogP contribution is 2.26. The van der Waals surface area contributed by atoms with Crippen LogP contribution in [0, 0.1) is 0 Å². The number of ketones is 2. The van der Waals surface area contributed by atoms with E-state index in [-0.39, 0.29) is 11.6 Å². The van der Waals surface area contributed by atoms with Crippen molar-refractivity contribution in [2.45, 2.75) is 12.8 Å². The Labute approximate surface area is 104 Å². The number of rotatable bonds is 4. The summed E-state index contributed by atoms with van der Waals surface area (Å²) in [5, 5.41) is 1.88. The SMILES string of the molecule is CC(=O)C(C(=O)c1ccccc1)c1cccs1. The summed E-state index contributed by atoms with van der Waals surface area (Å²) < 4.78 is 0. The summed E-state index contributed by atoms with van der Waals surface area (Å²) >= 11 is 1.44. The molecule has 0 saturated carbocycles. The Morgan fingerprint density at radius 2 is 1.76 bits per heavy atom. The molecule has 86 valence electrons. The second-order valence-electron chi connectivity index (χ2n) is 3.79. The normalized spacial score (nSPS) is 12.1. The molecule has 1 unspecified atom stereocenters. The molecule has 2 nitrogen and oxygen atoms in total. The van der Waals surface area contributed by atoms with Crippen LogP contribution in [-0.2, 0) is 4.79 Å². The highest BCUT2D eigenvalue weighted by molar-refractivity contribution is 7.10. The minimum Gasteiger partial charge on any atom is -0.299 e. The number of Topliss-reactive ketones (excluding diaryl/α,β-unsaturated/α-hetero) is 2. The average molecular weight is 244 g/mol.